The molecule has 2 unspecified atom stereocenters. The molecule has 1 aliphatic heterocycles. The summed E-state index contributed by atoms with van der Waals surface area (Å²) in [5, 5.41) is 3.62. The summed E-state index contributed by atoms with van der Waals surface area (Å²) in [5.41, 5.74) is 1.37. The molecule has 2 atom stereocenters. The lowest BCUT2D eigenvalue weighted by atomic mass is 9.92. The summed E-state index contributed by atoms with van der Waals surface area (Å²) in [7, 11) is 0. The average Bonchev–Trinajstić information content (AvgIpc) is 2.91. The molecule has 0 spiro atoms. The number of fused-ring (bicyclic) bond motifs is 1. The predicted octanol–water partition coefficient (Wildman–Crippen LogP) is 8.08. The van der Waals surface area contributed by atoms with Gasteiger partial charge >= 0.3 is 12.3 Å². The van der Waals surface area contributed by atoms with Crippen molar-refractivity contribution in [1.82, 2.24) is 10.3 Å². The van der Waals surface area contributed by atoms with Crippen LogP contribution < -0.4 is 15.0 Å². The van der Waals surface area contributed by atoms with Gasteiger partial charge in [0.1, 0.15) is 17.2 Å². The molecule has 0 radical (unpaired) electrons. The van der Waals surface area contributed by atoms with Gasteiger partial charge in [-0.1, -0.05) is 41.1 Å². The van der Waals surface area contributed by atoms with Crippen LogP contribution in [0.3, 0.4) is 0 Å². The van der Waals surface area contributed by atoms with E-state index in [-0.39, 0.29) is 36.6 Å². The van der Waals surface area contributed by atoms with Crippen LogP contribution in [0.1, 0.15) is 80.8 Å². The number of aromatic nitrogens is 1. The fraction of sp³-hybridized carbons (Fsp3) is 0.485. The van der Waals surface area contributed by atoms with Gasteiger partial charge in [-0.3, -0.25) is 9.59 Å². The molecule has 1 aliphatic rings. The summed E-state index contributed by atoms with van der Waals surface area (Å²) in [6.07, 6.45) is -2.67. The number of anilines is 1. The number of hydrogen-bond acceptors (Lipinski definition) is 6. The Balaban J connectivity index is 1.67. The van der Waals surface area contributed by atoms with Crippen molar-refractivity contribution in [3.63, 3.8) is 0 Å². The van der Waals surface area contributed by atoms with Gasteiger partial charge in [0, 0.05) is 47.4 Å². The molecular weight excluding hydrogens is 639 g/mol. The predicted molar refractivity (Wildman–Crippen MR) is 168 cm³/mol. The second-order valence-corrected chi connectivity index (χ2v) is 13.3. The van der Waals surface area contributed by atoms with E-state index < -0.39 is 23.9 Å². The summed E-state index contributed by atoms with van der Waals surface area (Å²) >= 11 is 3.50. The molecule has 0 bridgehead atoms. The minimum atomic E-state index is -4.90. The monoisotopic (exact) mass is 677 g/mol. The van der Waals surface area contributed by atoms with E-state index in [1.165, 1.54) is 18.2 Å². The van der Waals surface area contributed by atoms with E-state index in [2.05, 4.69) is 37.8 Å². The maximum Gasteiger partial charge on any atom is 0.573 e. The summed E-state index contributed by atoms with van der Waals surface area (Å²) < 4.78 is 50.4. The number of para-hydroxylation sites is 1. The summed E-state index contributed by atoms with van der Waals surface area (Å²) in [4.78, 5) is 33.7. The Bertz CT molecular complexity index is 1510. The number of carbonyl (C=O) groups is 2. The van der Waals surface area contributed by atoms with Crippen LogP contribution in [0.25, 0.3) is 10.9 Å². The van der Waals surface area contributed by atoms with E-state index in [1.807, 2.05) is 25.1 Å². The highest BCUT2D eigenvalue weighted by Gasteiger charge is 2.33. The zero-order valence-corrected chi connectivity index (χ0v) is 27.3. The molecule has 2 aromatic carbocycles. The van der Waals surface area contributed by atoms with Crippen molar-refractivity contribution in [2.75, 3.05) is 24.5 Å². The maximum atomic E-state index is 14.0. The largest absolute Gasteiger partial charge is 0.573 e. The molecule has 238 valence electrons. The number of hydrogen-bond donors (Lipinski definition) is 1. The molecule has 1 fully saturated rings. The zero-order chi connectivity index (χ0) is 32.2. The van der Waals surface area contributed by atoms with Gasteiger partial charge in [-0.25, -0.2) is 4.98 Å². The number of nitrogens with zero attached hydrogens (tertiary/aromatic N) is 2. The third-order valence-corrected chi connectivity index (χ3v) is 8.05. The smallest absolute Gasteiger partial charge is 0.460 e. The molecule has 4 rings (SSSR count). The number of carbonyl (C=O) groups excluding carboxylic acids is 2. The number of rotatable bonds is 9. The molecule has 1 aromatic heterocycles. The SMILES string of the molecule is Cc1c(N2CCCC(C)C2)nc2ccc(Br)cc2c1C(=O)NCC(CCC(=O)OC(C)(C)C)c1ccccc1OC(F)(F)F. The number of benzene rings is 2. The third kappa shape index (κ3) is 8.86. The first kappa shape index (κ1) is 33.6. The van der Waals surface area contributed by atoms with Gasteiger partial charge in [-0.15, -0.1) is 13.2 Å². The molecule has 1 amide bonds. The van der Waals surface area contributed by atoms with Crippen LogP contribution in [0, 0.1) is 12.8 Å². The summed E-state index contributed by atoms with van der Waals surface area (Å²) in [5.74, 6) is -0.665. The van der Waals surface area contributed by atoms with Crippen LogP contribution in [0.15, 0.2) is 46.9 Å². The average molecular weight is 679 g/mol. The van der Waals surface area contributed by atoms with Crippen molar-refractivity contribution >= 4 is 44.5 Å². The van der Waals surface area contributed by atoms with E-state index >= 15 is 0 Å². The summed E-state index contributed by atoms with van der Waals surface area (Å²) in [6.45, 7) is 10.9. The zero-order valence-electron chi connectivity index (χ0n) is 25.7. The van der Waals surface area contributed by atoms with Gasteiger partial charge in [0.25, 0.3) is 5.91 Å². The molecule has 7 nitrogen and oxygen atoms in total. The van der Waals surface area contributed by atoms with Gasteiger partial charge < -0.3 is 19.7 Å². The van der Waals surface area contributed by atoms with Gasteiger partial charge in [0.15, 0.2) is 0 Å². The van der Waals surface area contributed by atoms with Crippen LogP contribution in [0.4, 0.5) is 19.0 Å². The number of halogens is 4. The topological polar surface area (TPSA) is 80.8 Å². The Hall–Kier alpha value is -3.34. The Morgan fingerprint density at radius 2 is 1.89 bits per heavy atom. The lowest BCUT2D eigenvalue weighted by Gasteiger charge is -2.33. The molecule has 0 aliphatic carbocycles. The van der Waals surface area contributed by atoms with E-state index in [4.69, 9.17) is 9.72 Å². The maximum absolute atomic E-state index is 14.0. The first-order valence-electron chi connectivity index (χ1n) is 14.8. The summed E-state index contributed by atoms with van der Waals surface area (Å²) in [6, 6.07) is 11.4. The van der Waals surface area contributed by atoms with Crippen LogP contribution in [-0.2, 0) is 9.53 Å². The van der Waals surface area contributed by atoms with Crippen molar-refractivity contribution in [1.29, 1.82) is 0 Å². The second kappa shape index (κ2) is 13.7. The first-order chi connectivity index (χ1) is 20.6. The molecule has 1 saturated heterocycles. The van der Waals surface area contributed by atoms with Crippen LogP contribution in [0.2, 0.25) is 0 Å². The van der Waals surface area contributed by atoms with E-state index in [1.54, 1.807) is 26.8 Å². The van der Waals surface area contributed by atoms with Crippen molar-refractivity contribution in [3.05, 3.63) is 63.6 Å². The number of ether oxygens (including phenoxy) is 2. The van der Waals surface area contributed by atoms with Gasteiger partial charge in [0.05, 0.1) is 11.1 Å². The fourth-order valence-electron chi connectivity index (χ4n) is 5.69. The van der Waals surface area contributed by atoms with Crippen molar-refractivity contribution in [2.24, 2.45) is 5.92 Å². The first-order valence-corrected chi connectivity index (χ1v) is 15.6. The quantitative estimate of drug-likeness (QED) is 0.231. The van der Waals surface area contributed by atoms with E-state index in [0.29, 0.717) is 22.4 Å². The molecule has 3 aromatic rings. The van der Waals surface area contributed by atoms with Crippen LogP contribution in [-0.4, -0.2) is 48.5 Å². The van der Waals surface area contributed by atoms with Gasteiger partial charge in [0.2, 0.25) is 0 Å². The molecule has 11 heteroatoms. The Morgan fingerprint density at radius 3 is 2.57 bits per heavy atom. The fourth-order valence-corrected chi connectivity index (χ4v) is 6.05. The van der Waals surface area contributed by atoms with E-state index in [9.17, 15) is 22.8 Å². The van der Waals surface area contributed by atoms with Gasteiger partial charge in [-0.2, -0.15) is 0 Å². The standard InChI is InChI=1S/C33H39BrF3N3O4/c1-20-9-8-16-40(19-20)30-21(2)29(25-17-23(34)13-14-26(25)39-30)31(42)38-18-22(12-15-28(41)44-32(3,4)5)24-10-6-7-11-27(24)43-33(35,36)37/h6-7,10-11,13-14,17,20,22H,8-9,12,15-16,18-19H2,1-5H3,(H,38,42). The molecule has 2 heterocycles. The lowest BCUT2D eigenvalue weighted by molar-refractivity contribution is -0.275. The second-order valence-electron chi connectivity index (χ2n) is 12.4. The number of nitrogens with one attached hydrogen (secondary N) is 1. The van der Waals surface area contributed by atoms with Crippen molar-refractivity contribution in [3.8, 4) is 5.75 Å². The molecule has 1 N–H and O–H groups in total. The minimum absolute atomic E-state index is 0.0345. The van der Waals surface area contributed by atoms with Crippen molar-refractivity contribution < 1.29 is 32.2 Å². The molecular formula is C33H39BrF3N3O4. The number of piperidine rings is 1. The highest BCUT2D eigenvalue weighted by molar-refractivity contribution is 9.10. The normalized spacial score (nSPS) is 16.5. The Morgan fingerprint density at radius 1 is 1.16 bits per heavy atom. The number of pyridine rings is 1. The highest BCUT2D eigenvalue weighted by atomic mass is 79.9. The van der Waals surface area contributed by atoms with Crippen LogP contribution in [0.5, 0.6) is 5.75 Å². The van der Waals surface area contributed by atoms with Crippen molar-refractivity contribution in [2.45, 2.75) is 78.2 Å². The molecule has 44 heavy (non-hydrogen) atoms. The Labute approximate surface area is 264 Å². The third-order valence-electron chi connectivity index (χ3n) is 7.56. The van der Waals surface area contributed by atoms with Gasteiger partial charge in [-0.05, 0) is 82.7 Å². The molecule has 0 saturated carbocycles. The number of esters is 1. The lowest BCUT2D eigenvalue weighted by Crippen LogP contribution is -2.36. The number of alkyl halides is 3. The Kier molecular flexibility index (Phi) is 10.5. The van der Waals surface area contributed by atoms with Crippen LogP contribution >= 0.6 is 15.9 Å². The number of amides is 1. The highest BCUT2D eigenvalue weighted by Crippen LogP contribution is 2.35. The van der Waals surface area contributed by atoms with E-state index in [0.717, 1.165) is 41.8 Å². The minimum Gasteiger partial charge on any atom is -0.460 e.